The number of nitrogens with zero attached hydrogens (tertiary/aromatic N) is 3. The zero-order valence-electron chi connectivity index (χ0n) is 24.1. The molecule has 10 nitrogen and oxygen atoms in total. The number of rotatable bonds is 8. The second-order valence-electron chi connectivity index (χ2n) is 11.8. The van der Waals surface area contributed by atoms with Crippen molar-refractivity contribution in [3.63, 3.8) is 0 Å². The van der Waals surface area contributed by atoms with Crippen LogP contribution in [0.3, 0.4) is 0 Å². The van der Waals surface area contributed by atoms with E-state index in [1.807, 2.05) is 0 Å². The maximum atomic E-state index is 15.3. The zero-order chi connectivity index (χ0) is 32.1. The van der Waals surface area contributed by atoms with E-state index in [0.717, 1.165) is 3.57 Å². The lowest BCUT2D eigenvalue weighted by Crippen LogP contribution is -2.55. The molecular weight excluding hydrogens is 754 g/mol. The molecule has 2 heterocycles. The number of hydrazine groups is 1. The Labute approximate surface area is 285 Å². The fourth-order valence-electron chi connectivity index (χ4n) is 7.05. The van der Waals surface area contributed by atoms with Gasteiger partial charge in [0.05, 0.1) is 51.2 Å². The summed E-state index contributed by atoms with van der Waals surface area (Å²) >= 11 is 14.6. The molecule has 0 amide bonds. The molecule has 6 rings (SSSR count). The van der Waals surface area contributed by atoms with Crippen molar-refractivity contribution < 1.29 is 27.4 Å². The fourth-order valence-corrected chi connectivity index (χ4v) is 8.91. The second kappa shape index (κ2) is 12.4. The van der Waals surface area contributed by atoms with Crippen molar-refractivity contribution in [2.45, 2.75) is 24.3 Å². The van der Waals surface area contributed by atoms with E-state index in [9.17, 15) is 13.0 Å². The lowest BCUT2D eigenvalue weighted by atomic mass is 9.60. The second-order valence-corrected chi connectivity index (χ2v) is 15.3. The van der Waals surface area contributed by atoms with Crippen LogP contribution in [-0.4, -0.2) is 73.7 Å². The highest BCUT2D eigenvalue weighted by Crippen LogP contribution is 2.67. The number of nitrogen functional groups attached to an aromatic ring is 1. The van der Waals surface area contributed by atoms with Crippen molar-refractivity contribution in [2.75, 3.05) is 55.9 Å². The van der Waals surface area contributed by atoms with Gasteiger partial charge < -0.3 is 15.0 Å². The molecule has 1 aliphatic carbocycles. The molecule has 3 aromatic rings. The van der Waals surface area contributed by atoms with E-state index in [0.29, 0.717) is 77.4 Å². The Hall–Kier alpha value is -2.33. The van der Waals surface area contributed by atoms with Gasteiger partial charge >= 0.3 is 0 Å². The third-order valence-corrected chi connectivity index (χ3v) is 11.4. The van der Waals surface area contributed by atoms with Gasteiger partial charge in [-0.1, -0.05) is 41.4 Å². The summed E-state index contributed by atoms with van der Waals surface area (Å²) in [7, 11) is -5.10. The molecule has 0 spiro atoms. The molecule has 0 radical (unpaired) electrons. The Morgan fingerprint density at radius 2 is 1.71 bits per heavy atom. The van der Waals surface area contributed by atoms with E-state index in [-0.39, 0.29) is 17.8 Å². The van der Waals surface area contributed by atoms with Crippen LogP contribution in [0.5, 0.6) is 0 Å². The maximum absolute atomic E-state index is 15.3. The first kappa shape index (κ1) is 32.6. The smallest absolute Gasteiger partial charge is 0.274 e. The minimum atomic E-state index is -5.10. The summed E-state index contributed by atoms with van der Waals surface area (Å²) in [5.41, 5.74) is 4.63. The number of halogens is 3. The van der Waals surface area contributed by atoms with Crippen LogP contribution in [0, 0.1) is 13.9 Å². The number of hydrogen-bond donors (Lipinski definition) is 1. The van der Waals surface area contributed by atoms with Crippen molar-refractivity contribution >= 4 is 73.1 Å². The molecule has 1 saturated heterocycles. The summed E-state index contributed by atoms with van der Waals surface area (Å²) in [6, 6.07) is 15.1. The number of nitrogens with two attached hydrogens (primary N) is 1. The Bertz CT molecular complexity index is 1770. The van der Waals surface area contributed by atoms with Crippen LogP contribution in [0.15, 0.2) is 60.7 Å². The number of carbonyl (C=O) groups excluding carboxylic acids is 1. The van der Waals surface area contributed by atoms with Gasteiger partial charge in [-0.3, -0.25) is 9.69 Å². The Balaban J connectivity index is 1.64. The number of ketones is 1. The van der Waals surface area contributed by atoms with E-state index < -0.39 is 38.5 Å². The molecule has 2 atom stereocenters. The molecule has 14 heteroatoms. The minimum absolute atomic E-state index is 0.179. The number of benzene rings is 3. The fraction of sp³-hybridized carbons (Fsp3) is 0.387. The first-order chi connectivity index (χ1) is 21.4. The number of hydrogen-bond acceptors (Lipinski definition) is 8. The zero-order valence-corrected chi connectivity index (χ0v) is 28.6. The van der Waals surface area contributed by atoms with Crippen LogP contribution in [0.2, 0.25) is 10.0 Å². The van der Waals surface area contributed by atoms with Crippen molar-refractivity contribution in [3.8, 4) is 0 Å². The molecule has 3 aliphatic rings. The van der Waals surface area contributed by atoms with E-state index in [1.54, 1.807) is 60.7 Å². The van der Waals surface area contributed by atoms with Crippen LogP contribution < -0.4 is 10.7 Å². The van der Waals surface area contributed by atoms with Crippen LogP contribution in [0.25, 0.3) is 0 Å². The number of Topliss-reactive ketones (excluding diaryl/α,β-unsaturated/α-hetero) is 1. The predicted octanol–water partition coefficient (Wildman–Crippen LogP) is 5.21. The monoisotopic (exact) mass is 784 g/mol. The number of ether oxygens (including phenoxy) is 1. The highest BCUT2D eigenvalue weighted by Gasteiger charge is 2.74. The predicted molar refractivity (Wildman–Crippen MR) is 180 cm³/mol. The highest BCUT2D eigenvalue weighted by atomic mass is 127. The summed E-state index contributed by atoms with van der Waals surface area (Å²) in [6.07, 6.45) is 0.695. The van der Waals surface area contributed by atoms with Crippen LogP contribution in [-0.2, 0) is 20.3 Å². The normalized spacial score (nSPS) is 23.5. The number of anilines is 2. The number of fused-ring (bicyclic) bond motifs is 1. The average molecular weight is 785 g/mol. The first-order valence-corrected chi connectivity index (χ1v) is 17.9. The van der Waals surface area contributed by atoms with Gasteiger partial charge in [0, 0.05) is 44.8 Å². The molecule has 0 aromatic heterocycles. The van der Waals surface area contributed by atoms with E-state index in [2.05, 4.69) is 27.5 Å². The van der Waals surface area contributed by atoms with E-state index >= 15 is 9.70 Å². The minimum Gasteiger partial charge on any atom is -0.748 e. The maximum Gasteiger partial charge on any atom is 0.274 e. The van der Waals surface area contributed by atoms with Crippen LogP contribution >= 0.6 is 45.8 Å². The van der Waals surface area contributed by atoms with Gasteiger partial charge in [0.25, 0.3) is 6.04 Å². The molecule has 2 N–H and O–H groups in total. The Morgan fingerprint density at radius 1 is 1.02 bits per heavy atom. The van der Waals surface area contributed by atoms with Gasteiger partial charge in [-0.2, -0.15) is 0 Å². The van der Waals surface area contributed by atoms with Gasteiger partial charge in [-0.25, -0.2) is 8.42 Å². The third-order valence-electron chi connectivity index (χ3n) is 9.29. The molecule has 0 bridgehead atoms. The molecular formula is C31H31Cl2IN4O6S. The van der Waals surface area contributed by atoms with Crippen molar-refractivity contribution in [1.82, 2.24) is 4.90 Å². The van der Waals surface area contributed by atoms with Crippen molar-refractivity contribution in [2.24, 2.45) is 5.41 Å². The molecule has 2 aliphatic heterocycles. The van der Waals surface area contributed by atoms with E-state index in [4.69, 9.17) is 33.7 Å². The summed E-state index contributed by atoms with van der Waals surface area (Å²) < 4.78 is 45.2. The van der Waals surface area contributed by atoms with Crippen molar-refractivity contribution in [1.29, 1.82) is 0 Å². The Kier molecular flexibility index (Phi) is 8.96. The first-order valence-electron chi connectivity index (χ1n) is 14.5. The summed E-state index contributed by atoms with van der Waals surface area (Å²) in [6.45, 7) is 3.20. The van der Waals surface area contributed by atoms with Gasteiger partial charge in [-0.05, 0) is 83.5 Å². The third kappa shape index (κ3) is 5.99. The quantitative estimate of drug-likeness (QED) is 0.141. The van der Waals surface area contributed by atoms with Gasteiger partial charge in [0.15, 0.2) is 5.78 Å². The largest absolute Gasteiger partial charge is 0.748 e. The standard InChI is InChI=1S/C31H31Cl2IN4O6S/c32-22-4-1-20(2-5-22)28-31(19-45(41,42)43,30(9-10-30)21-3-7-25(33)26(35)17-21)29(39)24-18-23(34)6-8-27(24)37(38(28)40)12-11-36-13-15-44-16-14-36/h1-8,17-18,28H,9-16,19,35H2. The Morgan fingerprint density at radius 3 is 2.33 bits per heavy atom. The van der Waals surface area contributed by atoms with Gasteiger partial charge in [0.2, 0.25) is 0 Å². The van der Waals surface area contributed by atoms with Gasteiger partial charge in [0.1, 0.15) is 16.0 Å². The average Bonchev–Trinajstić information content (AvgIpc) is 3.82. The summed E-state index contributed by atoms with van der Waals surface area (Å²) in [5, 5.41) is 2.19. The lowest BCUT2D eigenvalue weighted by molar-refractivity contribution is -0.617. The molecule has 3 aromatic carbocycles. The van der Waals surface area contributed by atoms with Crippen LogP contribution in [0.1, 0.15) is 40.4 Å². The SMILES string of the molecule is Nc1cc(C2(C3(CS(=O)(=O)[O-])C(=O)c4cc(I)ccc4N(CCN4CCOCC4)[N+](=O)C3c3ccc(Cl)cc3)CC2)ccc1Cl. The number of carbonyl (C=O) groups is 1. The molecule has 1 saturated carbocycles. The van der Waals surface area contributed by atoms with Gasteiger partial charge in [-0.15, -0.1) is 5.01 Å². The molecule has 2 unspecified atom stereocenters. The lowest BCUT2D eigenvalue weighted by Gasteiger charge is -2.41. The molecule has 2 fully saturated rings. The molecule has 45 heavy (non-hydrogen) atoms. The van der Waals surface area contributed by atoms with Crippen molar-refractivity contribution in [3.05, 3.63) is 95.9 Å². The van der Waals surface area contributed by atoms with Crippen LogP contribution in [0.4, 0.5) is 11.4 Å². The summed E-state index contributed by atoms with van der Waals surface area (Å²) in [4.78, 5) is 33.3. The van der Waals surface area contributed by atoms with E-state index in [1.165, 1.54) is 5.01 Å². The highest BCUT2D eigenvalue weighted by molar-refractivity contribution is 14.1. The number of morpholine rings is 1. The number of nitroso groups, excluding NO2 is 1. The molecule has 238 valence electrons. The summed E-state index contributed by atoms with van der Waals surface area (Å²) in [5.74, 6) is -1.69. The topological polar surface area (TPSA) is 136 Å².